The summed E-state index contributed by atoms with van der Waals surface area (Å²) in [6.45, 7) is 0. The van der Waals surface area contributed by atoms with Crippen LogP contribution in [0.2, 0.25) is 0 Å². The molecule has 0 fully saturated rings. The molecule has 0 amide bonds. The van der Waals surface area contributed by atoms with E-state index in [0.29, 0.717) is 11.5 Å². The topological polar surface area (TPSA) is 72.5 Å². The summed E-state index contributed by atoms with van der Waals surface area (Å²) >= 11 is 4.92. The minimum Gasteiger partial charge on any atom is -0.497 e. The van der Waals surface area contributed by atoms with E-state index in [9.17, 15) is 4.79 Å². The molecule has 0 spiro atoms. The van der Waals surface area contributed by atoms with Gasteiger partial charge in [0.1, 0.15) is 11.8 Å². The summed E-state index contributed by atoms with van der Waals surface area (Å²) in [5.41, 5.74) is 6.48. The summed E-state index contributed by atoms with van der Waals surface area (Å²) in [7, 11) is 1.61. The van der Waals surface area contributed by atoms with Gasteiger partial charge in [0.25, 0.3) is 0 Å². The summed E-state index contributed by atoms with van der Waals surface area (Å²) in [5, 5.41) is 8.65. The number of carboxylic acid groups (broad SMARTS) is 1. The van der Waals surface area contributed by atoms with Gasteiger partial charge in [0, 0.05) is 16.0 Å². The standard InChI is InChI=1S/C11H14BrNO3S/c1-16-8-2-3-9(12)7(4-8)5-17-6-10(13)11(14)15/h2-4,10H,5-6,13H2,1H3,(H,14,15). The van der Waals surface area contributed by atoms with Crippen molar-refractivity contribution in [2.75, 3.05) is 12.9 Å². The van der Waals surface area contributed by atoms with E-state index in [-0.39, 0.29) is 0 Å². The Morgan fingerprint density at radius 2 is 2.35 bits per heavy atom. The Morgan fingerprint density at radius 3 is 2.94 bits per heavy atom. The maximum Gasteiger partial charge on any atom is 0.321 e. The van der Waals surface area contributed by atoms with Gasteiger partial charge in [-0.1, -0.05) is 15.9 Å². The van der Waals surface area contributed by atoms with E-state index in [0.717, 1.165) is 15.8 Å². The first-order valence-corrected chi connectivity index (χ1v) is 6.88. The first kappa shape index (κ1) is 14.3. The van der Waals surface area contributed by atoms with Crippen LogP contribution in [-0.2, 0) is 10.5 Å². The Hall–Kier alpha value is -0.720. The SMILES string of the molecule is COc1ccc(Br)c(CSCC(N)C(=O)O)c1. The zero-order chi connectivity index (χ0) is 12.8. The molecule has 4 nitrogen and oxygen atoms in total. The minimum atomic E-state index is -0.970. The average molecular weight is 320 g/mol. The number of benzene rings is 1. The van der Waals surface area contributed by atoms with Crippen LogP contribution in [0.1, 0.15) is 5.56 Å². The lowest BCUT2D eigenvalue weighted by Gasteiger charge is -2.09. The van der Waals surface area contributed by atoms with Crippen molar-refractivity contribution >= 4 is 33.7 Å². The number of carboxylic acids is 1. The highest BCUT2D eigenvalue weighted by Gasteiger charge is 2.11. The maximum absolute atomic E-state index is 10.5. The van der Waals surface area contributed by atoms with Crippen molar-refractivity contribution in [2.24, 2.45) is 5.73 Å². The zero-order valence-electron chi connectivity index (χ0n) is 9.35. The monoisotopic (exact) mass is 319 g/mol. The van der Waals surface area contributed by atoms with Crippen LogP contribution in [0.3, 0.4) is 0 Å². The lowest BCUT2D eigenvalue weighted by atomic mass is 10.2. The molecule has 1 rings (SSSR count). The van der Waals surface area contributed by atoms with Crippen molar-refractivity contribution in [1.82, 2.24) is 0 Å². The van der Waals surface area contributed by atoms with Crippen LogP contribution in [0, 0.1) is 0 Å². The summed E-state index contributed by atoms with van der Waals surface area (Å²) in [6, 6.07) is 4.88. The fraction of sp³-hybridized carbons (Fsp3) is 0.364. The molecule has 17 heavy (non-hydrogen) atoms. The lowest BCUT2D eigenvalue weighted by molar-refractivity contribution is -0.137. The van der Waals surface area contributed by atoms with Crippen molar-refractivity contribution < 1.29 is 14.6 Å². The second-order valence-corrected chi connectivity index (χ2v) is 5.30. The molecule has 1 aromatic rings. The second kappa shape index (κ2) is 6.88. The summed E-state index contributed by atoms with van der Waals surface area (Å²) in [6.07, 6.45) is 0. The molecule has 0 aliphatic rings. The number of nitrogens with two attached hydrogens (primary N) is 1. The first-order chi connectivity index (χ1) is 8.04. The predicted octanol–water partition coefficient (Wildman–Crippen LogP) is 2.10. The van der Waals surface area contributed by atoms with Gasteiger partial charge in [-0.25, -0.2) is 0 Å². The van der Waals surface area contributed by atoms with Gasteiger partial charge in [-0.3, -0.25) is 4.79 Å². The molecule has 1 aromatic carbocycles. The number of rotatable bonds is 6. The van der Waals surface area contributed by atoms with Gasteiger partial charge in [0.2, 0.25) is 0 Å². The Bertz CT molecular complexity index is 400. The van der Waals surface area contributed by atoms with Crippen LogP contribution >= 0.6 is 27.7 Å². The van der Waals surface area contributed by atoms with Crippen molar-refractivity contribution in [2.45, 2.75) is 11.8 Å². The summed E-state index contributed by atoms with van der Waals surface area (Å²) in [5.74, 6) is 0.895. The normalized spacial score (nSPS) is 12.2. The predicted molar refractivity (Wildman–Crippen MR) is 72.5 cm³/mol. The number of ether oxygens (including phenoxy) is 1. The number of carbonyl (C=O) groups is 1. The number of hydrogen-bond acceptors (Lipinski definition) is 4. The van der Waals surface area contributed by atoms with Crippen LogP contribution in [0.5, 0.6) is 5.75 Å². The highest BCUT2D eigenvalue weighted by molar-refractivity contribution is 9.10. The average Bonchev–Trinajstić information content (AvgIpc) is 2.31. The number of halogens is 1. The smallest absolute Gasteiger partial charge is 0.321 e. The Kier molecular flexibility index (Phi) is 5.80. The van der Waals surface area contributed by atoms with Crippen molar-refractivity contribution in [3.05, 3.63) is 28.2 Å². The molecule has 1 unspecified atom stereocenters. The van der Waals surface area contributed by atoms with Crippen LogP contribution in [0.25, 0.3) is 0 Å². The Labute approximate surface area is 113 Å². The van der Waals surface area contributed by atoms with E-state index in [4.69, 9.17) is 15.6 Å². The molecule has 0 bridgehead atoms. The van der Waals surface area contributed by atoms with Gasteiger partial charge in [-0.15, -0.1) is 0 Å². The Balaban J connectivity index is 2.54. The van der Waals surface area contributed by atoms with Gasteiger partial charge in [-0.2, -0.15) is 11.8 Å². The quantitative estimate of drug-likeness (QED) is 0.840. The molecule has 0 saturated heterocycles. The third kappa shape index (κ3) is 4.57. The second-order valence-electron chi connectivity index (χ2n) is 3.42. The maximum atomic E-state index is 10.5. The van der Waals surface area contributed by atoms with Crippen molar-refractivity contribution in [1.29, 1.82) is 0 Å². The fourth-order valence-corrected chi connectivity index (χ4v) is 2.70. The molecule has 0 radical (unpaired) electrons. The number of thioether (sulfide) groups is 1. The summed E-state index contributed by atoms with van der Waals surface area (Å²) < 4.78 is 6.11. The van der Waals surface area contributed by atoms with E-state index < -0.39 is 12.0 Å². The number of hydrogen-bond donors (Lipinski definition) is 2. The molecule has 3 N–H and O–H groups in total. The Morgan fingerprint density at radius 1 is 1.65 bits per heavy atom. The highest BCUT2D eigenvalue weighted by Crippen LogP contribution is 2.26. The zero-order valence-corrected chi connectivity index (χ0v) is 11.8. The molecule has 0 aliphatic carbocycles. The number of methoxy groups -OCH3 is 1. The van der Waals surface area contributed by atoms with E-state index >= 15 is 0 Å². The van der Waals surface area contributed by atoms with Crippen molar-refractivity contribution in [3.63, 3.8) is 0 Å². The summed E-state index contributed by atoms with van der Waals surface area (Å²) in [4.78, 5) is 10.5. The van der Waals surface area contributed by atoms with E-state index in [1.807, 2.05) is 18.2 Å². The fourth-order valence-electron chi connectivity index (χ4n) is 1.16. The lowest BCUT2D eigenvalue weighted by Crippen LogP contribution is -2.32. The molecular formula is C11H14BrNO3S. The highest BCUT2D eigenvalue weighted by atomic mass is 79.9. The van der Waals surface area contributed by atoms with E-state index in [1.54, 1.807) is 7.11 Å². The molecule has 94 valence electrons. The van der Waals surface area contributed by atoms with Gasteiger partial charge < -0.3 is 15.6 Å². The molecule has 6 heteroatoms. The largest absolute Gasteiger partial charge is 0.497 e. The van der Waals surface area contributed by atoms with E-state index in [1.165, 1.54) is 11.8 Å². The van der Waals surface area contributed by atoms with E-state index in [2.05, 4.69) is 15.9 Å². The minimum absolute atomic E-state index is 0.388. The van der Waals surface area contributed by atoms with Crippen LogP contribution in [0.15, 0.2) is 22.7 Å². The van der Waals surface area contributed by atoms with Crippen LogP contribution in [0.4, 0.5) is 0 Å². The van der Waals surface area contributed by atoms with Gasteiger partial charge >= 0.3 is 5.97 Å². The molecule has 0 heterocycles. The molecular weight excluding hydrogens is 306 g/mol. The number of aliphatic carboxylic acids is 1. The van der Waals surface area contributed by atoms with Crippen LogP contribution < -0.4 is 10.5 Å². The molecule has 0 aromatic heterocycles. The van der Waals surface area contributed by atoms with Gasteiger partial charge in [0.05, 0.1) is 7.11 Å². The van der Waals surface area contributed by atoms with Gasteiger partial charge in [0.15, 0.2) is 0 Å². The van der Waals surface area contributed by atoms with Gasteiger partial charge in [-0.05, 0) is 23.8 Å². The third-order valence-corrected chi connectivity index (χ3v) is 4.01. The molecule has 1 atom stereocenters. The molecule has 0 saturated carbocycles. The third-order valence-electron chi connectivity index (χ3n) is 2.13. The van der Waals surface area contributed by atoms with Crippen LogP contribution in [-0.4, -0.2) is 30.0 Å². The van der Waals surface area contributed by atoms with Crippen molar-refractivity contribution in [3.8, 4) is 5.75 Å². The first-order valence-electron chi connectivity index (χ1n) is 4.93. The molecule has 0 aliphatic heterocycles.